The second-order valence-corrected chi connectivity index (χ2v) is 5.80. The molecule has 3 nitrogen and oxygen atoms in total. The van der Waals surface area contributed by atoms with E-state index in [0.29, 0.717) is 29.8 Å². The van der Waals surface area contributed by atoms with Crippen LogP contribution in [0.15, 0.2) is 24.3 Å². The molecule has 0 heterocycles. The predicted octanol–water partition coefficient (Wildman–Crippen LogP) is 4.05. The maximum atomic E-state index is 6.12. The quantitative estimate of drug-likeness (QED) is 0.734. The van der Waals surface area contributed by atoms with Crippen molar-refractivity contribution in [1.82, 2.24) is 5.32 Å². The zero-order valence-electron chi connectivity index (χ0n) is 12.8. The summed E-state index contributed by atoms with van der Waals surface area (Å²) in [6.07, 6.45) is 0. The van der Waals surface area contributed by atoms with E-state index in [9.17, 15) is 0 Å². The molecule has 112 valence electrons. The van der Waals surface area contributed by atoms with Gasteiger partial charge in [-0.15, -0.1) is 0 Å². The molecule has 0 atom stereocenters. The Kier molecular flexibility index (Phi) is 6.89. The fourth-order valence-corrected chi connectivity index (χ4v) is 1.99. The highest BCUT2D eigenvalue weighted by Gasteiger charge is 2.13. The minimum absolute atomic E-state index is 0.467. The molecule has 0 spiro atoms. The first kappa shape index (κ1) is 16.9. The number of halogens is 1. The van der Waals surface area contributed by atoms with Crippen molar-refractivity contribution in [2.24, 2.45) is 5.92 Å². The third-order valence-electron chi connectivity index (χ3n) is 2.65. The Morgan fingerprint density at radius 3 is 2.65 bits per heavy atom. The van der Waals surface area contributed by atoms with Gasteiger partial charge >= 0.3 is 0 Å². The van der Waals surface area contributed by atoms with Crippen molar-refractivity contribution >= 4 is 11.6 Å². The Hall–Kier alpha value is -1.19. The van der Waals surface area contributed by atoms with E-state index in [4.69, 9.17) is 21.1 Å². The van der Waals surface area contributed by atoms with Crippen molar-refractivity contribution in [1.29, 1.82) is 0 Å². The van der Waals surface area contributed by atoms with E-state index >= 15 is 0 Å². The standard InChI is InChI=1S/C16H24ClNO2/c1-11(2)8-18-9-13-6-14(17)7-15(19-5)16(13)20-10-12(3)4/h6-7,11,18H,3,8-10H2,1-2,4-5H3. The lowest BCUT2D eigenvalue weighted by molar-refractivity contribution is 0.315. The molecule has 0 aliphatic rings. The zero-order valence-corrected chi connectivity index (χ0v) is 13.5. The Morgan fingerprint density at radius 1 is 1.40 bits per heavy atom. The van der Waals surface area contributed by atoms with Crippen LogP contribution in [0.3, 0.4) is 0 Å². The van der Waals surface area contributed by atoms with Gasteiger partial charge in [-0.1, -0.05) is 32.0 Å². The number of benzene rings is 1. The Balaban J connectivity index is 2.92. The maximum Gasteiger partial charge on any atom is 0.166 e. The molecule has 1 aromatic carbocycles. The van der Waals surface area contributed by atoms with Crippen LogP contribution in [0.1, 0.15) is 26.3 Å². The highest BCUT2D eigenvalue weighted by molar-refractivity contribution is 6.30. The second kappa shape index (κ2) is 8.18. The summed E-state index contributed by atoms with van der Waals surface area (Å²) in [5.41, 5.74) is 1.96. The van der Waals surface area contributed by atoms with Gasteiger partial charge in [0.1, 0.15) is 6.61 Å². The van der Waals surface area contributed by atoms with E-state index in [1.807, 2.05) is 13.0 Å². The monoisotopic (exact) mass is 297 g/mol. The Morgan fingerprint density at radius 2 is 2.10 bits per heavy atom. The van der Waals surface area contributed by atoms with Crippen molar-refractivity contribution in [2.45, 2.75) is 27.3 Å². The molecule has 1 aromatic rings. The second-order valence-electron chi connectivity index (χ2n) is 5.37. The van der Waals surface area contributed by atoms with Gasteiger partial charge in [0.2, 0.25) is 0 Å². The average molecular weight is 298 g/mol. The first-order valence-electron chi connectivity index (χ1n) is 6.78. The molecule has 0 amide bonds. The van der Waals surface area contributed by atoms with Gasteiger partial charge in [-0.2, -0.15) is 0 Å². The molecule has 0 saturated heterocycles. The molecule has 0 radical (unpaired) electrons. The van der Waals surface area contributed by atoms with E-state index in [1.54, 1.807) is 13.2 Å². The summed E-state index contributed by atoms with van der Waals surface area (Å²) in [4.78, 5) is 0. The summed E-state index contributed by atoms with van der Waals surface area (Å²) in [6.45, 7) is 12.2. The normalized spacial score (nSPS) is 10.7. The maximum absolute atomic E-state index is 6.12. The van der Waals surface area contributed by atoms with Crippen LogP contribution in [-0.4, -0.2) is 20.3 Å². The molecule has 20 heavy (non-hydrogen) atoms. The molecule has 0 unspecified atom stereocenters. The molecule has 1 rings (SSSR count). The first-order valence-corrected chi connectivity index (χ1v) is 7.16. The van der Waals surface area contributed by atoms with Gasteiger partial charge in [0.05, 0.1) is 7.11 Å². The van der Waals surface area contributed by atoms with Crippen LogP contribution in [0.25, 0.3) is 0 Å². The van der Waals surface area contributed by atoms with E-state index in [1.165, 1.54) is 0 Å². The topological polar surface area (TPSA) is 30.5 Å². The Bertz CT molecular complexity index is 458. The fourth-order valence-electron chi connectivity index (χ4n) is 1.76. The van der Waals surface area contributed by atoms with Gasteiger partial charge in [0.15, 0.2) is 11.5 Å². The number of nitrogens with one attached hydrogen (secondary N) is 1. The molecule has 0 aliphatic heterocycles. The van der Waals surface area contributed by atoms with Crippen LogP contribution in [0.5, 0.6) is 11.5 Å². The largest absolute Gasteiger partial charge is 0.493 e. The van der Waals surface area contributed by atoms with Gasteiger partial charge in [-0.3, -0.25) is 0 Å². The van der Waals surface area contributed by atoms with E-state index in [0.717, 1.165) is 23.4 Å². The molecule has 0 aromatic heterocycles. The third kappa shape index (κ3) is 5.43. The van der Waals surface area contributed by atoms with Crippen LogP contribution in [0.4, 0.5) is 0 Å². The van der Waals surface area contributed by atoms with Crippen LogP contribution in [-0.2, 0) is 6.54 Å². The molecule has 0 aliphatic carbocycles. The summed E-state index contributed by atoms with van der Waals surface area (Å²) in [7, 11) is 1.62. The molecule has 1 N–H and O–H groups in total. The number of hydrogen-bond acceptors (Lipinski definition) is 3. The molecule has 0 fully saturated rings. The summed E-state index contributed by atoms with van der Waals surface area (Å²) in [6, 6.07) is 3.67. The van der Waals surface area contributed by atoms with Crippen molar-refractivity contribution < 1.29 is 9.47 Å². The van der Waals surface area contributed by atoms with Gasteiger partial charge in [0.25, 0.3) is 0 Å². The van der Waals surface area contributed by atoms with Crippen LogP contribution in [0.2, 0.25) is 5.02 Å². The molecular formula is C16H24ClNO2. The highest BCUT2D eigenvalue weighted by atomic mass is 35.5. The summed E-state index contributed by atoms with van der Waals surface area (Å²) in [5, 5.41) is 4.04. The summed E-state index contributed by atoms with van der Waals surface area (Å²) >= 11 is 6.12. The van der Waals surface area contributed by atoms with Gasteiger partial charge in [-0.05, 0) is 31.0 Å². The lowest BCUT2D eigenvalue weighted by Gasteiger charge is -2.17. The predicted molar refractivity (Wildman–Crippen MR) is 84.9 cm³/mol. The Labute approximate surface area is 126 Å². The third-order valence-corrected chi connectivity index (χ3v) is 2.87. The number of ether oxygens (including phenoxy) is 2. The van der Waals surface area contributed by atoms with Crippen molar-refractivity contribution in [2.75, 3.05) is 20.3 Å². The first-order chi connectivity index (χ1) is 9.43. The van der Waals surface area contributed by atoms with E-state index < -0.39 is 0 Å². The van der Waals surface area contributed by atoms with Gasteiger partial charge < -0.3 is 14.8 Å². The minimum atomic E-state index is 0.467. The summed E-state index contributed by atoms with van der Waals surface area (Å²) in [5.74, 6) is 1.98. The van der Waals surface area contributed by atoms with Crippen molar-refractivity contribution in [3.8, 4) is 11.5 Å². The van der Waals surface area contributed by atoms with Crippen LogP contribution < -0.4 is 14.8 Å². The molecular weight excluding hydrogens is 274 g/mol. The smallest absolute Gasteiger partial charge is 0.166 e. The van der Waals surface area contributed by atoms with E-state index in [-0.39, 0.29) is 0 Å². The number of hydrogen-bond donors (Lipinski definition) is 1. The molecule has 4 heteroatoms. The lowest BCUT2D eigenvalue weighted by atomic mass is 10.1. The molecule has 0 saturated carbocycles. The summed E-state index contributed by atoms with van der Waals surface area (Å²) < 4.78 is 11.2. The highest BCUT2D eigenvalue weighted by Crippen LogP contribution is 2.35. The minimum Gasteiger partial charge on any atom is -0.493 e. The zero-order chi connectivity index (χ0) is 15.1. The van der Waals surface area contributed by atoms with E-state index in [2.05, 4.69) is 25.7 Å². The fraction of sp³-hybridized carbons (Fsp3) is 0.500. The van der Waals surface area contributed by atoms with Gasteiger partial charge in [0, 0.05) is 23.2 Å². The van der Waals surface area contributed by atoms with Crippen molar-refractivity contribution in [3.63, 3.8) is 0 Å². The number of methoxy groups -OCH3 is 1. The van der Waals surface area contributed by atoms with Crippen LogP contribution in [0, 0.1) is 5.92 Å². The van der Waals surface area contributed by atoms with Crippen molar-refractivity contribution in [3.05, 3.63) is 34.9 Å². The van der Waals surface area contributed by atoms with Crippen LogP contribution >= 0.6 is 11.6 Å². The van der Waals surface area contributed by atoms with Gasteiger partial charge in [-0.25, -0.2) is 0 Å². The SMILES string of the molecule is C=C(C)COc1c(CNCC(C)C)cc(Cl)cc1OC. The lowest BCUT2D eigenvalue weighted by Crippen LogP contribution is -2.19. The molecule has 0 bridgehead atoms. The number of rotatable bonds is 8. The average Bonchev–Trinajstić information content (AvgIpc) is 2.36.